The molecule has 0 aliphatic heterocycles. The largest absolute Gasteiger partial charge is 0.308 e. The Morgan fingerprint density at radius 3 is 1.34 bits per heavy atom. The summed E-state index contributed by atoms with van der Waals surface area (Å²) < 4.78 is 4.20. The maximum Gasteiger partial charge on any atom is 0.165 e. The van der Waals surface area contributed by atoms with Crippen molar-refractivity contribution in [1.82, 2.24) is 24.1 Å². The molecule has 0 saturated carbocycles. The van der Waals surface area contributed by atoms with E-state index in [0.29, 0.717) is 73.4 Å². The molecule has 10 rings (SSSR count). The zero-order valence-electron chi connectivity index (χ0n) is 33.2. The fourth-order valence-electron chi connectivity index (χ4n) is 8.66. The molecule has 10 nitrogen and oxygen atoms in total. The first-order valence-electron chi connectivity index (χ1n) is 19.6. The summed E-state index contributed by atoms with van der Waals surface area (Å²) in [5.74, 6) is 1.50. The maximum atomic E-state index is 11.2. The van der Waals surface area contributed by atoms with Crippen molar-refractivity contribution in [3.05, 3.63) is 173 Å². The Bertz CT molecular complexity index is 3770. The molecule has 62 heavy (non-hydrogen) atoms. The first kappa shape index (κ1) is 36.9. The van der Waals surface area contributed by atoms with Gasteiger partial charge in [-0.05, 0) is 96.8 Å². The molecule has 0 saturated heterocycles. The van der Waals surface area contributed by atoms with Gasteiger partial charge in [0.05, 0.1) is 85.5 Å². The summed E-state index contributed by atoms with van der Waals surface area (Å²) in [6.45, 7) is 3.65. The number of fused-ring (bicyclic) bond motifs is 6. The van der Waals surface area contributed by atoms with Gasteiger partial charge in [-0.1, -0.05) is 72.8 Å². The third kappa shape index (κ3) is 5.79. The molecule has 0 fully saturated rings. The summed E-state index contributed by atoms with van der Waals surface area (Å²) in [5.41, 5.74) is 10.2. The summed E-state index contributed by atoms with van der Waals surface area (Å²) in [6.07, 6.45) is 0. The van der Waals surface area contributed by atoms with E-state index in [1.54, 1.807) is 36.4 Å². The van der Waals surface area contributed by atoms with Gasteiger partial charge in [0, 0.05) is 27.1 Å². The smallest absolute Gasteiger partial charge is 0.165 e. The van der Waals surface area contributed by atoms with Crippen molar-refractivity contribution in [2.75, 3.05) is 0 Å². The third-order valence-electron chi connectivity index (χ3n) is 11.3. The molecule has 286 valence electrons. The first-order valence-corrected chi connectivity index (χ1v) is 19.6. The van der Waals surface area contributed by atoms with Gasteiger partial charge in [-0.3, -0.25) is 0 Å². The molecule has 3 heterocycles. The normalized spacial score (nSPS) is 11.0. The second-order valence-corrected chi connectivity index (χ2v) is 14.9. The number of rotatable bonds is 5. The van der Waals surface area contributed by atoms with E-state index >= 15 is 0 Å². The molecular weight excluding hydrogens is 765 g/mol. The molecule has 10 heteroatoms. The average molecular weight is 793 g/mol. The highest BCUT2D eigenvalue weighted by Gasteiger charge is 2.24. The van der Waals surface area contributed by atoms with Gasteiger partial charge in [0.25, 0.3) is 0 Å². The minimum absolute atomic E-state index is 0.383. The van der Waals surface area contributed by atoms with E-state index in [0.717, 1.165) is 54.7 Å². The van der Waals surface area contributed by atoms with Gasteiger partial charge in [-0.2, -0.15) is 26.3 Å². The second-order valence-electron chi connectivity index (χ2n) is 14.9. The lowest BCUT2D eigenvalue weighted by Crippen LogP contribution is -2.07. The number of para-hydroxylation sites is 2. The molecule has 0 radical (unpaired) electrons. The van der Waals surface area contributed by atoms with E-state index in [4.69, 9.17) is 9.97 Å². The van der Waals surface area contributed by atoms with Crippen LogP contribution in [0.1, 0.15) is 39.5 Å². The molecule has 0 spiro atoms. The minimum atomic E-state index is 0.383. The van der Waals surface area contributed by atoms with Gasteiger partial charge >= 0.3 is 0 Å². The van der Waals surface area contributed by atoms with Gasteiger partial charge in [-0.15, -0.1) is 0 Å². The van der Waals surface area contributed by atoms with Crippen LogP contribution in [0, 0.1) is 70.5 Å². The fraction of sp³-hybridized carbons (Fsp3) is 0.0385. The zero-order chi connectivity index (χ0) is 42.6. The van der Waals surface area contributed by atoms with E-state index < -0.39 is 0 Å². The van der Waals surface area contributed by atoms with E-state index in [2.05, 4.69) is 56.6 Å². The molecule has 0 aliphatic rings. The predicted octanol–water partition coefficient (Wildman–Crippen LogP) is 11.0. The molecule has 3 aromatic heterocycles. The van der Waals surface area contributed by atoms with Crippen molar-refractivity contribution < 1.29 is 0 Å². The van der Waals surface area contributed by atoms with Crippen LogP contribution in [0.3, 0.4) is 0 Å². The van der Waals surface area contributed by atoms with Crippen LogP contribution in [-0.2, 0) is 0 Å². The Labute approximate surface area is 354 Å². The Morgan fingerprint density at radius 1 is 0.387 bits per heavy atom. The molecular formula is C52H28N10. The molecule has 0 atom stereocenters. The van der Waals surface area contributed by atoms with E-state index in [9.17, 15) is 26.3 Å². The highest BCUT2D eigenvalue weighted by molar-refractivity contribution is 6.12. The number of nitriles is 5. The zero-order valence-corrected chi connectivity index (χ0v) is 33.2. The molecule has 0 N–H and O–H groups in total. The van der Waals surface area contributed by atoms with Gasteiger partial charge in [0.2, 0.25) is 0 Å². The summed E-state index contributed by atoms with van der Waals surface area (Å²) in [7, 11) is 0. The summed E-state index contributed by atoms with van der Waals surface area (Å²) >= 11 is 0. The van der Waals surface area contributed by atoms with E-state index in [-0.39, 0.29) is 0 Å². The number of benzene rings is 7. The van der Waals surface area contributed by atoms with Gasteiger partial charge < -0.3 is 9.13 Å². The third-order valence-corrected chi connectivity index (χ3v) is 11.3. The van der Waals surface area contributed by atoms with Crippen molar-refractivity contribution in [2.24, 2.45) is 0 Å². The van der Waals surface area contributed by atoms with Crippen molar-refractivity contribution in [3.8, 4) is 75.4 Å². The summed E-state index contributed by atoms with van der Waals surface area (Å²) in [6, 6.07) is 53.6. The Kier molecular flexibility index (Phi) is 8.61. The van der Waals surface area contributed by atoms with Crippen molar-refractivity contribution in [2.45, 2.75) is 13.8 Å². The Morgan fingerprint density at radius 2 is 0.855 bits per heavy atom. The second kappa shape index (κ2) is 14.5. The summed E-state index contributed by atoms with van der Waals surface area (Å²) in [5, 5.41) is 54.4. The number of hydrogen-bond donors (Lipinski definition) is 0. The quantitative estimate of drug-likeness (QED) is 0.166. The van der Waals surface area contributed by atoms with Crippen LogP contribution in [0.2, 0.25) is 0 Å². The molecule has 0 unspecified atom stereocenters. The monoisotopic (exact) mass is 792 g/mol. The molecule has 7 aromatic carbocycles. The van der Waals surface area contributed by atoms with Gasteiger partial charge in [-0.25, -0.2) is 15.0 Å². The van der Waals surface area contributed by atoms with E-state index in [1.807, 2.05) is 98.8 Å². The standard InChI is InChI=1S/C52H28N10/c1-30-58-31(2)60-52(59-30)45-24-48(61-46-9-5-3-7-41(46)43-17-13-34(21-49(43)61)39-15-11-32(25-53)19-36(39)27-55)38(29-57)23-51(45)62-47-10-6-4-8-42(47)44-18-14-35(22-50(44)62)40-16-12-33(26-54)20-37(40)28-56/h3-24H,1-2H3. The Hall–Kier alpha value is -9.40. The van der Waals surface area contributed by atoms with Crippen LogP contribution in [0.4, 0.5) is 0 Å². The highest BCUT2D eigenvalue weighted by Crippen LogP contribution is 2.42. The highest BCUT2D eigenvalue weighted by atomic mass is 15.1. The van der Waals surface area contributed by atoms with Crippen LogP contribution < -0.4 is 0 Å². The average Bonchev–Trinajstić information content (AvgIpc) is 3.82. The SMILES string of the molecule is Cc1nc(C)nc(-c2cc(-n3c4ccccc4c4ccc(-c5ccc(C#N)cc5C#N)cc43)c(C#N)cc2-n2c3ccccc3c3ccc(-c4ccc(C#N)cc4C#N)cc32)n1. The topological polar surface area (TPSA) is 167 Å². The van der Waals surface area contributed by atoms with E-state index in [1.165, 1.54) is 0 Å². The molecule has 0 aliphatic carbocycles. The van der Waals surface area contributed by atoms with Gasteiger partial charge in [0.15, 0.2) is 5.82 Å². The first-order chi connectivity index (χ1) is 30.3. The minimum Gasteiger partial charge on any atom is -0.308 e. The number of nitrogens with zero attached hydrogens (tertiary/aromatic N) is 10. The molecule has 0 bridgehead atoms. The number of aromatic nitrogens is 5. The summed E-state index contributed by atoms with van der Waals surface area (Å²) in [4.78, 5) is 14.3. The molecule has 10 aromatic rings. The van der Waals surface area contributed by atoms with Crippen LogP contribution >= 0.6 is 0 Å². The predicted molar refractivity (Wildman–Crippen MR) is 238 cm³/mol. The number of aryl methyl sites for hydroxylation is 2. The van der Waals surface area contributed by atoms with Gasteiger partial charge in [0.1, 0.15) is 17.7 Å². The van der Waals surface area contributed by atoms with Crippen LogP contribution in [0.25, 0.3) is 88.6 Å². The fourth-order valence-corrected chi connectivity index (χ4v) is 8.66. The van der Waals surface area contributed by atoms with Crippen LogP contribution in [0.5, 0.6) is 0 Å². The lowest BCUT2D eigenvalue weighted by molar-refractivity contribution is 0.926. The number of hydrogen-bond acceptors (Lipinski definition) is 8. The maximum absolute atomic E-state index is 11.2. The van der Waals surface area contributed by atoms with Crippen LogP contribution in [-0.4, -0.2) is 24.1 Å². The lowest BCUT2D eigenvalue weighted by atomic mass is 9.97. The van der Waals surface area contributed by atoms with Crippen LogP contribution in [0.15, 0.2) is 133 Å². The molecule has 0 amide bonds. The van der Waals surface area contributed by atoms with Crippen molar-refractivity contribution in [3.63, 3.8) is 0 Å². The lowest BCUT2D eigenvalue weighted by Gasteiger charge is -2.18. The Balaban J connectivity index is 1.30. The van der Waals surface area contributed by atoms with Crippen molar-refractivity contribution in [1.29, 1.82) is 26.3 Å². The van der Waals surface area contributed by atoms with Crippen molar-refractivity contribution >= 4 is 43.6 Å².